The summed E-state index contributed by atoms with van der Waals surface area (Å²) in [6.07, 6.45) is 3.08. The van der Waals surface area contributed by atoms with Crippen LogP contribution < -0.4 is 0 Å². The van der Waals surface area contributed by atoms with Crippen molar-refractivity contribution in [3.8, 4) is 0 Å². The van der Waals surface area contributed by atoms with Crippen LogP contribution in [0.25, 0.3) is 0 Å². The summed E-state index contributed by atoms with van der Waals surface area (Å²) >= 11 is 1.54. The number of benzene rings is 1. The lowest BCUT2D eigenvalue weighted by Crippen LogP contribution is -2.32. The van der Waals surface area contributed by atoms with Crippen molar-refractivity contribution in [3.63, 3.8) is 0 Å². The zero-order chi connectivity index (χ0) is 13.1. The Kier molecular flexibility index (Phi) is 3.15. The lowest BCUT2D eigenvalue weighted by Gasteiger charge is -2.27. The van der Waals surface area contributed by atoms with E-state index in [1.807, 2.05) is 47.8 Å². The molecule has 0 aliphatic rings. The number of aromatic nitrogens is 3. The van der Waals surface area contributed by atoms with E-state index in [1.165, 1.54) is 17.7 Å². The van der Waals surface area contributed by atoms with Crippen LogP contribution in [0.5, 0.6) is 0 Å². The zero-order valence-electron chi connectivity index (χ0n) is 10.2. The first-order chi connectivity index (χ1) is 9.29. The summed E-state index contributed by atoms with van der Waals surface area (Å²) in [5, 5.41) is 17.2. The quantitative estimate of drug-likeness (QED) is 0.792. The van der Waals surface area contributed by atoms with Crippen LogP contribution in [-0.2, 0) is 12.1 Å². The van der Waals surface area contributed by atoms with E-state index in [0.717, 1.165) is 10.4 Å². The number of aliphatic hydroxyl groups is 1. The molecule has 0 aliphatic carbocycles. The topological polar surface area (TPSA) is 50.9 Å². The number of thiophene rings is 1. The van der Waals surface area contributed by atoms with Crippen LogP contribution in [-0.4, -0.2) is 19.9 Å². The normalized spacial score (nSPS) is 14.2. The molecular formula is C14H13N3OS. The average Bonchev–Trinajstić information content (AvgIpc) is 3.12. The van der Waals surface area contributed by atoms with Crippen LogP contribution in [0.3, 0.4) is 0 Å². The number of hydrogen-bond donors (Lipinski definition) is 1. The monoisotopic (exact) mass is 271 g/mol. The summed E-state index contributed by atoms with van der Waals surface area (Å²) in [5.74, 6) is 0. The lowest BCUT2D eigenvalue weighted by atomic mass is 9.92. The van der Waals surface area contributed by atoms with Crippen LogP contribution in [0.15, 0.2) is 60.5 Å². The minimum Gasteiger partial charge on any atom is -0.378 e. The molecule has 0 amide bonds. The Morgan fingerprint density at radius 1 is 1.16 bits per heavy atom. The molecule has 5 heteroatoms. The van der Waals surface area contributed by atoms with Crippen LogP contribution in [0.1, 0.15) is 10.4 Å². The molecule has 3 aromatic rings. The molecule has 1 unspecified atom stereocenters. The fourth-order valence-electron chi connectivity index (χ4n) is 2.09. The second-order valence-corrected chi connectivity index (χ2v) is 5.24. The minimum atomic E-state index is -1.08. The van der Waals surface area contributed by atoms with Gasteiger partial charge in [0.2, 0.25) is 0 Å². The van der Waals surface area contributed by atoms with Gasteiger partial charge in [0.15, 0.2) is 0 Å². The van der Waals surface area contributed by atoms with Gasteiger partial charge in [-0.25, -0.2) is 9.67 Å². The Bertz CT molecular complexity index is 622. The first-order valence-corrected chi connectivity index (χ1v) is 6.81. The molecular weight excluding hydrogens is 258 g/mol. The zero-order valence-corrected chi connectivity index (χ0v) is 11.0. The smallest absolute Gasteiger partial charge is 0.143 e. The Morgan fingerprint density at radius 3 is 2.63 bits per heavy atom. The van der Waals surface area contributed by atoms with E-state index >= 15 is 0 Å². The van der Waals surface area contributed by atoms with Crippen molar-refractivity contribution in [1.29, 1.82) is 0 Å². The highest BCUT2D eigenvalue weighted by Gasteiger charge is 2.33. The summed E-state index contributed by atoms with van der Waals surface area (Å²) in [7, 11) is 0. The molecule has 0 spiro atoms. The summed E-state index contributed by atoms with van der Waals surface area (Å²) in [6.45, 7) is 0.345. The molecule has 1 N–H and O–H groups in total. The number of hydrogen-bond acceptors (Lipinski definition) is 4. The van der Waals surface area contributed by atoms with Crippen molar-refractivity contribution >= 4 is 11.3 Å². The first kappa shape index (κ1) is 12.1. The van der Waals surface area contributed by atoms with Gasteiger partial charge in [0, 0.05) is 4.88 Å². The van der Waals surface area contributed by atoms with Crippen molar-refractivity contribution in [2.75, 3.05) is 0 Å². The maximum Gasteiger partial charge on any atom is 0.143 e. The Balaban J connectivity index is 2.05. The highest BCUT2D eigenvalue weighted by molar-refractivity contribution is 7.10. The van der Waals surface area contributed by atoms with Crippen molar-refractivity contribution in [2.45, 2.75) is 12.1 Å². The van der Waals surface area contributed by atoms with Crippen LogP contribution in [0.4, 0.5) is 0 Å². The van der Waals surface area contributed by atoms with Crippen molar-refractivity contribution in [1.82, 2.24) is 14.8 Å². The van der Waals surface area contributed by atoms with E-state index in [0.29, 0.717) is 6.54 Å². The van der Waals surface area contributed by atoms with Crippen molar-refractivity contribution in [3.05, 3.63) is 70.9 Å². The van der Waals surface area contributed by atoms with Crippen molar-refractivity contribution < 1.29 is 5.11 Å². The van der Waals surface area contributed by atoms with Gasteiger partial charge in [-0.05, 0) is 17.0 Å². The van der Waals surface area contributed by atoms with Gasteiger partial charge >= 0.3 is 0 Å². The summed E-state index contributed by atoms with van der Waals surface area (Å²) in [6, 6.07) is 13.5. The van der Waals surface area contributed by atoms with Gasteiger partial charge in [-0.3, -0.25) is 0 Å². The molecule has 2 aromatic heterocycles. The third-order valence-electron chi connectivity index (χ3n) is 3.04. The molecule has 19 heavy (non-hydrogen) atoms. The van der Waals surface area contributed by atoms with Crippen LogP contribution in [0.2, 0.25) is 0 Å². The number of rotatable bonds is 4. The highest BCUT2D eigenvalue weighted by Crippen LogP contribution is 2.34. The Labute approximate surface area is 115 Å². The van der Waals surface area contributed by atoms with E-state index in [9.17, 15) is 5.11 Å². The second-order valence-electron chi connectivity index (χ2n) is 4.30. The van der Waals surface area contributed by atoms with Gasteiger partial charge in [0.1, 0.15) is 18.3 Å². The van der Waals surface area contributed by atoms with Gasteiger partial charge in [-0.2, -0.15) is 5.10 Å². The number of nitrogens with zero attached hydrogens (tertiary/aromatic N) is 3. The molecule has 2 heterocycles. The maximum atomic E-state index is 11.1. The van der Waals surface area contributed by atoms with E-state index in [-0.39, 0.29) is 0 Å². The molecule has 1 aromatic carbocycles. The third kappa shape index (κ3) is 2.30. The van der Waals surface area contributed by atoms with Crippen molar-refractivity contribution in [2.24, 2.45) is 0 Å². The highest BCUT2D eigenvalue weighted by atomic mass is 32.1. The molecule has 0 saturated heterocycles. The molecule has 0 bridgehead atoms. The summed E-state index contributed by atoms with van der Waals surface area (Å²) in [5.41, 5.74) is -0.226. The second kappa shape index (κ2) is 4.95. The molecule has 0 saturated carbocycles. The Hall–Kier alpha value is -1.98. The van der Waals surface area contributed by atoms with Crippen LogP contribution in [0, 0.1) is 0 Å². The molecule has 96 valence electrons. The minimum absolute atomic E-state index is 0.345. The van der Waals surface area contributed by atoms with E-state index in [2.05, 4.69) is 10.1 Å². The van der Waals surface area contributed by atoms with Gasteiger partial charge in [-0.15, -0.1) is 11.3 Å². The predicted octanol–water partition coefficient (Wildman–Crippen LogP) is 2.28. The van der Waals surface area contributed by atoms with E-state index in [4.69, 9.17) is 0 Å². The van der Waals surface area contributed by atoms with Gasteiger partial charge in [0.25, 0.3) is 0 Å². The third-order valence-corrected chi connectivity index (χ3v) is 4.06. The first-order valence-electron chi connectivity index (χ1n) is 5.93. The van der Waals surface area contributed by atoms with Gasteiger partial charge in [0.05, 0.1) is 6.54 Å². The van der Waals surface area contributed by atoms with Gasteiger partial charge < -0.3 is 5.11 Å². The van der Waals surface area contributed by atoms with Gasteiger partial charge in [-0.1, -0.05) is 36.4 Å². The van der Waals surface area contributed by atoms with Crippen LogP contribution >= 0.6 is 11.3 Å². The molecule has 0 radical (unpaired) electrons. The fraction of sp³-hybridized carbons (Fsp3) is 0.143. The maximum absolute atomic E-state index is 11.1. The largest absolute Gasteiger partial charge is 0.378 e. The van der Waals surface area contributed by atoms with E-state index < -0.39 is 5.60 Å². The standard InChI is InChI=1S/C14H13N3OS/c18-14(13-7-4-8-19-13,9-17-11-15-10-16-17)12-5-2-1-3-6-12/h1-8,10-11,18H,9H2. The Morgan fingerprint density at radius 2 is 2.00 bits per heavy atom. The van der Waals surface area contributed by atoms with E-state index in [1.54, 1.807) is 11.0 Å². The summed E-state index contributed by atoms with van der Waals surface area (Å²) < 4.78 is 1.65. The lowest BCUT2D eigenvalue weighted by molar-refractivity contribution is 0.0609. The molecule has 4 nitrogen and oxygen atoms in total. The summed E-state index contributed by atoms with van der Waals surface area (Å²) in [4.78, 5) is 4.82. The molecule has 0 fully saturated rings. The fourth-order valence-corrected chi connectivity index (χ4v) is 2.93. The predicted molar refractivity (Wildman–Crippen MR) is 73.8 cm³/mol. The molecule has 3 rings (SSSR count). The SMILES string of the molecule is OC(Cn1cncn1)(c1ccccc1)c1cccs1. The molecule has 0 aliphatic heterocycles. The molecule has 1 atom stereocenters. The average molecular weight is 271 g/mol.